The summed E-state index contributed by atoms with van der Waals surface area (Å²) < 4.78 is 21.3. The van der Waals surface area contributed by atoms with E-state index in [1.165, 1.54) is 0 Å². The lowest BCUT2D eigenvalue weighted by Crippen LogP contribution is -2.47. The molecule has 1 aliphatic carbocycles. The average molecular weight is 386 g/mol. The zero-order chi connectivity index (χ0) is 20.4. The molecule has 0 radical (unpaired) electrons. The van der Waals surface area contributed by atoms with Crippen molar-refractivity contribution in [2.24, 2.45) is 0 Å². The van der Waals surface area contributed by atoms with Gasteiger partial charge in [0, 0.05) is 18.5 Å². The minimum absolute atomic E-state index is 0.214. The topological polar surface area (TPSA) is 73.4 Å². The summed E-state index contributed by atoms with van der Waals surface area (Å²) in [5.41, 5.74) is 9.23. The first-order chi connectivity index (χ1) is 13.0. The third kappa shape index (κ3) is 2.84. The number of nitrogen functional groups attached to an aromatic ring is 1. The number of halogens is 1. The molecule has 1 spiro atoms. The fraction of sp³-hybridized carbons (Fsp3) is 0.524. The highest BCUT2D eigenvalue weighted by atomic mass is 19.1. The Morgan fingerprint density at radius 3 is 2.39 bits per heavy atom. The van der Waals surface area contributed by atoms with Crippen LogP contribution >= 0.6 is 0 Å². The number of ether oxygens (including phenoxy) is 1. The molecule has 0 atom stereocenters. The molecule has 2 heterocycles. The monoisotopic (exact) mass is 386 g/mol. The van der Waals surface area contributed by atoms with Crippen LogP contribution in [0.4, 0.5) is 15.0 Å². The molecule has 1 aromatic carbocycles. The smallest absolute Gasteiger partial charge is 0.411 e. The third-order valence-corrected chi connectivity index (χ3v) is 5.55. The number of hydrogen-bond acceptors (Lipinski definition) is 4. The molecule has 1 amide bonds. The van der Waals surface area contributed by atoms with E-state index < -0.39 is 11.1 Å². The zero-order valence-electron chi connectivity index (χ0n) is 17.1. The molecule has 2 aromatic rings. The number of fused-ring (bicyclic) bond motifs is 2. The number of aromatic nitrogens is 2. The number of benzene rings is 1. The van der Waals surface area contributed by atoms with Crippen molar-refractivity contribution in [3.8, 4) is 5.69 Å². The van der Waals surface area contributed by atoms with E-state index in [9.17, 15) is 9.18 Å². The van der Waals surface area contributed by atoms with Crippen LogP contribution < -0.4 is 5.73 Å². The Morgan fingerprint density at radius 2 is 1.86 bits per heavy atom. The molecule has 0 unspecified atom stereocenters. The Balaban J connectivity index is 1.75. The molecular formula is C21H27FN4O2. The summed E-state index contributed by atoms with van der Waals surface area (Å²) in [4.78, 5) is 14.6. The lowest BCUT2D eigenvalue weighted by molar-refractivity contribution is 0.0105. The second-order valence-electron chi connectivity index (χ2n) is 8.93. The summed E-state index contributed by atoms with van der Waals surface area (Å²) in [6.07, 6.45) is 2.00. The van der Waals surface area contributed by atoms with Crippen molar-refractivity contribution in [3.63, 3.8) is 0 Å². The van der Waals surface area contributed by atoms with Gasteiger partial charge in [0.05, 0.1) is 16.9 Å². The van der Waals surface area contributed by atoms with Crippen LogP contribution in [0.25, 0.3) is 5.69 Å². The summed E-state index contributed by atoms with van der Waals surface area (Å²) in [6.45, 7) is 9.62. The normalized spacial score (nSPS) is 17.6. The molecule has 4 rings (SSSR count). The van der Waals surface area contributed by atoms with Crippen LogP contribution in [0.2, 0.25) is 0 Å². The summed E-state index contributed by atoms with van der Waals surface area (Å²) >= 11 is 0. The van der Waals surface area contributed by atoms with E-state index in [0.717, 1.165) is 29.8 Å². The van der Waals surface area contributed by atoms with Crippen LogP contribution in [0, 0.1) is 19.7 Å². The number of hydrogen-bond donors (Lipinski definition) is 1. The van der Waals surface area contributed by atoms with Gasteiger partial charge in [0.1, 0.15) is 17.2 Å². The van der Waals surface area contributed by atoms with Crippen LogP contribution in [0.3, 0.4) is 0 Å². The van der Waals surface area contributed by atoms with E-state index in [1.807, 2.05) is 25.7 Å². The van der Waals surface area contributed by atoms with Crippen molar-refractivity contribution >= 4 is 11.9 Å². The molecule has 150 valence electrons. The maximum atomic E-state index is 14.0. The van der Waals surface area contributed by atoms with Gasteiger partial charge in [-0.25, -0.2) is 13.9 Å². The molecule has 0 bridgehead atoms. The fourth-order valence-corrected chi connectivity index (χ4v) is 4.19. The molecule has 28 heavy (non-hydrogen) atoms. The van der Waals surface area contributed by atoms with Crippen molar-refractivity contribution in [1.82, 2.24) is 14.7 Å². The molecule has 6 nitrogen and oxygen atoms in total. The maximum Gasteiger partial charge on any atom is 0.411 e. The van der Waals surface area contributed by atoms with E-state index in [4.69, 9.17) is 15.6 Å². The second kappa shape index (κ2) is 5.96. The minimum Gasteiger partial charge on any atom is -0.444 e. The highest BCUT2D eigenvalue weighted by Crippen LogP contribution is 2.56. The van der Waals surface area contributed by atoms with Crippen molar-refractivity contribution in [3.05, 3.63) is 40.3 Å². The highest BCUT2D eigenvalue weighted by molar-refractivity contribution is 5.73. The lowest BCUT2D eigenvalue weighted by Gasteiger charge is -2.37. The predicted octanol–water partition coefficient (Wildman–Crippen LogP) is 3.99. The lowest BCUT2D eigenvalue weighted by atomic mass is 9.96. The molecule has 2 N–H and O–H groups in total. The number of carbonyl (C=O) groups excluding carboxylic acids is 1. The fourth-order valence-electron chi connectivity index (χ4n) is 4.19. The number of nitrogens with two attached hydrogens (primary N) is 1. The van der Waals surface area contributed by atoms with Gasteiger partial charge >= 0.3 is 6.09 Å². The van der Waals surface area contributed by atoms with Crippen LogP contribution in [0.5, 0.6) is 0 Å². The Hall–Kier alpha value is -2.57. The van der Waals surface area contributed by atoms with Gasteiger partial charge in [-0.15, -0.1) is 0 Å². The van der Waals surface area contributed by atoms with E-state index in [1.54, 1.807) is 30.7 Å². The molecular weight excluding hydrogens is 359 g/mol. The van der Waals surface area contributed by atoms with Gasteiger partial charge in [0.15, 0.2) is 0 Å². The minimum atomic E-state index is -0.549. The quantitative estimate of drug-likeness (QED) is 0.804. The van der Waals surface area contributed by atoms with Crippen LogP contribution in [-0.2, 0) is 16.7 Å². The molecule has 1 saturated carbocycles. The van der Waals surface area contributed by atoms with Crippen LogP contribution in [0.15, 0.2) is 12.1 Å². The predicted molar refractivity (Wildman–Crippen MR) is 105 cm³/mol. The van der Waals surface area contributed by atoms with Gasteiger partial charge in [-0.2, -0.15) is 5.10 Å². The zero-order valence-corrected chi connectivity index (χ0v) is 17.1. The van der Waals surface area contributed by atoms with Crippen molar-refractivity contribution in [2.45, 2.75) is 65.0 Å². The number of amides is 1. The van der Waals surface area contributed by atoms with Gasteiger partial charge < -0.3 is 10.5 Å². The maximum absolute atomic E-state index is 14.0. The number of nitrogens with zero attached hydrogens (tertiary/aromatic N) is 3. The Morgan fingerprint density at radius 1 is 1.25 bits per heavy atom. The van der Waals surface area contributed by atoms with E-state index in [-0.39, 0.29) is 11.9 Å². The van der Waals surface area contributed by atoms with Crippen molar-refractivity contribution in [2.75, 3.05) is 12.3 Å². The van der Waals surface area contributed by atoms with Gasteiger partial charge in [0.2, 0.25) is 0 Å². The molecule has 1 aliphatic heterocycles. The Kier molecular flexibility index (Phi) is 4.00. The van der Waals surface area contributed by atoms with Gasteiger partial charge in [-0.1, -0.05) is 0 Å². The first-order valence-electron chi connectivity index (χ1n) is 9.69. The Labute approximate surface area is 164 Å². The Bertz CT molecular complexity index is 947. The van der Waals surface area contributed by atoms with Crippen LogP contribution in [0.1, 0.15) is 56.0 Å². The second-order valence-corrected chi connectivity index (χ2v) is 8.93. The van der Waals surface area contributed by atoms with Gasteiger partial charge in [-0.05, 0) is 70.7 Å². The first-order valence-corrected chi connectivity index (χ1v) is 9.69. The SMILES string of the molecule is Cc1cc(-n2nc3c(c2N)C2(CC2)N(C(=O)OC(C)(C)C)CC3)cc(C)c1F. The molecule has 7 heteroatoms. The first kappa shape index (κ1) is 18.8. The van der Waals surface area contributed by atoms with E-state index in [2.05, 4.69) is 0 Å². The highest BCUT2D eigenvalue weighted by Gasteiger charge is 2.57. The van der Waals surface area contributed by atoms with Crippen molar-refractivity contribution in [1.29, 1.82) is 0 Å². The standard InChI is InChI=1S/C21H27FN4O2/c1-12-10-14(11-13(2)17(12)22)26-18(23)16-15(24-26)6-9-25(21(16)7-8-21)19(27)28-20(3,4)5/h10-11H,6-9,23H2,1-5H3. The van der Waals surface area contributed by atoms with Crippen LogP contribution in [-0.4, -0.2) is 32.9 Å². The summed E-state index contributed by atoms with van der Waals surface area (Å²) in [6, 6.07) is 3.50. The molecule has 1 aromatic heterocycles. The molecule has 1 fully saturated rings. The summed E-state index contributed by atoms with van der Waals surface area (Å²) in [7, 11) is 0. The molecule has 2 aliphatic rings. The number of carbonyl (C=O) groups is 1. The summed E-state index contributed by atoms with van der Waals surface area (Å²) in [5.74, 6) is 0.306. The van der Waals surface area contributed by atoms with E-state index >= 15 is 0 Å². The largest absolute Gasteiger partial charge is 0.444 e. The van der Waals surface area contributed by atoms with Gasteiger partial charge in [0.25, 0.3) is 0 Å². The summed E-state index contributed by atoms with van der Waals surface area (Å²) in [5, 5.41) is 4.73. The van der Waals surface area contributed by atoms with E-state index in [0.29, 0.717) is 29.9 Å². The van der Waals surface area contributed by atoms with Crippen molar-refractivity contribution < 1.29 is 13.9 Å². The molecule has 0 saturated heterocycles. The number of aryl methyl sites for hydroxylation is 2. The number of anilines is 1. The average Bonchev–Trinajstić information content (AvgIpc) is 3.27. The third-order valence-electron chi connectivity index (χ3n) is 5.55. The van der Waals surface area contributed by atoms with Gasteiger partial charge in [-0.3, -0.25) is 4.90 Å². The number of rotatable bonds is 1.